The number of phosphoric ester groups is 2. The fourth-order valence-electron chi connectivity index (χ4n) is 8.06. The van der Waals surface area contributed by atoms with E-state index in [2.05, 4.69) is 126 Å². The van der Waals surface area contributed by atoms with Gasteiger partial charge in [-0.3, -0.25) is 33.4 Å². The van der Waals surface area contributed by atoms with Gasteiger partial charge in [-0.15, -0.1) is 0 Å². The summed E-state index contributed by atoms with van der Waals surface area (Å²) < 4.78 is 60.0. The Balaban J connectivity index is 0.000000788. The summed E-state index contributed by atoms with van der Waals surface area (Å²) in [5, 5.41) is 29.8. The smallest absolute Gasteiger partial charge is 0.387 e. The normalized spacial score (nSPS) is 23.2. The number of aromatic amines is 1. The Morgan fingerprint density at radius 3 is 1.89 bits per heavy atom. The molecule has 28 nitrogen and oxygen atoms in total. The van der Waals surface area contributed by atoms with Gasteiger partial charge in [0.2, 0.25) is 11.9 Å². The number of thioether (sulfide) groups is 1. The lowest BCUT2D eigenvalue weighted by molar-refractivity contribution is -0.135. The molecule has 0 radical (unpaired) electrons. The van der Waals surface area contributed by atoms with Gasteiger partial charge in [-0.1, -0.05) is 75.2 Å². The standard InChI is InChI=1S/C26H41N8O17P3S.3C6H15N/c27-25-32-22-19(23(39)33-25)29-12-34(22)24-21(38)20(37)14(48-24)10-47-52(41,42)50-54(45,46)51-53(43,44)49-17(36)8-2-1-5-9-28-16(35)7-4-3-6-15-18-13(11-55-15)30-26(40)31-18;3*1-4-7(5-2)6-3/h12-15,18,20-21,24,37-38H,1-11H2,(H,28,35)(H,41,42)(H,43,44)(H,45,46)(H2,30,31,40)(H3,27,32,33,39);3*4-6H2,1-3H3. The van der Waals surface area contributed by atoms with Crippen molar-refractivity contribution in [3.05, 3.63) is 16.7 Å². The molecule has 10 atom stereocenters. The first kappa shape index (κ1) is 69.0. The molecule has 2 aromatic rings. The van der Waals surface area contributed by atoms with Gasteiger partial charge in [0, 0.05) is 30.4 Å². The van der Waals surface area contributed by atoms with Gasteiger partial charge < -0.3 is 65.6 Å². The summed E-state index contributed by atoms with van der Waals surface area (Å²) in [4.78, 5) is 94.3. The molecule has 5 heterocycles. The molecule has 0 bridgehead atoms. The number of nitrogens with zero attached hydrogens (tertiary/aromatic N) is 6. The average Bonchev–Trinajstić information content (AvgIpc) is 4.12. The van der Waals surface area contributed by atoms with Gasteiger partial charge in [-0.25, -0.2) is 23.5 Å². The van der Waals surface area contributed by atoms with E-state index in [1.165, 1.54) is 58.9 Å². The Kier molecular flexibility index (Phi) is 31.6. The number of carbonyl (C=O) groups is 3. The van der Waals surface area contributed by atoms with Gasteiger partial charge in [0.25, 0.3) is 5.56 Å². The zero-order valence-corrected chi connectivity index (χ0v) is 48.9. The van der Waals surface area contributed by atoms with Crippen LogP contribution in [0.1, 0.15) is 120 Å². The number of carbonyl (C=O) groups excluding carboxylic acids is 3. The lowest BCUT2D eigenvalue weighted by Gasteiger charge is -2.20. The van der Waals surface area contributed by atoms with Gasteiger partial charge in [-0.05, 0) is 84.6 Å². The minimum absolute atomic E-state index is 0.111. The van der Waals surface area contributed by atoms with Crippen molar-refractivity contribution in [3.63, 3.8) is 0 Å². The minimum Gasteiger partial charge on any atom is -0.387 e. The zero-order valence-electron chi connectivity index (χ0n) is 45.4. The number of ether oxygens (including phenoxy) is 1. The van der Waals surface area contributed by atoms with Crippen molar-refractivity contribution in [2.75, 3.05) is 83.5 Å². The highest BCUT2D eigenvalue weighted by atomic mass is 32.2. The number of aliphatic hydroxyl groups excluding tert-OH is 2. The number of H-pyrrole nitrogens is 1. The molecular weight excluding hydrogens is 1080 g/mol. The monoisotopic (exact) mass is 1170 g/mol. The van der Waals surface area contributed by atoms with Gasteiger partial charge in [-0.2, -0.15) is 25.4 Å². The summed E-state index contributed by atoms with van der Waals surface area (Å²) in [5.41, 5.74) is 4.50. The third kappa shape index (κ3) is 24.1. The number of nitrogens with two attached hydrogens (primary N) is 1. The summed E-state index contributed by atoms with van der Waals surface area (Å²) >= 11 is 1.80. The Morgan fingerprint density at radius 1 is 0.789 bits per heavy atom. The van der Waals surface area contributed by atoms with Gasteiger partial charge in [0.15, 0.2) is 17.4 Å². The van der Waals surface area contributed by atoms with Gasteiger partial charge in [0.1, 0.15) is 18.3 Å². The van der Waals surface area contributed by atoms with E-state index < -0.39 is 72.6 Å². The number of amides is 3. The second-order valence-corrected chi connectivity index (χ2v) is 23.4. The maximum absolute atomic E-state index is 12.4. The molecule has 11 N–H and O–H groups in total. The third-order valence-electron chi connectivity index (χ3n) is 12.6. The van der Waals surface area contributed by atoms with Crippen LogP contribution in [-0.2, 0) is 45.7 Å². The Morgan fingerprint density at radius 2 is 1.34 bits per heavy atom. The fraction of sp³-hybridized carbons (Fsp3) is 0.818. The number of phosphoric acid groups is 3. The predicted molar refractivity (Wildman–Crippen MR) is 288 cm³/mol. The van der Waals surface area contributed by atoms with Gasteiger partial charge >= 0.3 is 35.5 Å². The molecule has 3 amide bonds. The van der Waals surface area contributed by atoms with Crippen LogP contribution in [-0.4, -0.2) is 190 Å². The van der Waals surface area contributed by atoms with E-state index in [9.17, 15) is 57.8 Å². The van der Waals surface area contributed by atoms with Crippen LogP contribution in [0.25, 0.3) is 11.2 Å². The molecule has 32 heteroatoms. The Hall–Kier alpha value is -3.08. The fourth-order valence-corrected chi connectivity index (χ4v) is 13.1. The van der Waals surface area contributed by atoms with Crippen LogP contribution in [0, 0.1) is 0 Å². The molecule has 0 spiro atoms. The lowest BCUT2D eigenvalue weighted by Crippen LogP contribution is -2.36. The lowest BCUT2D eigenvalue weighted by atomic mass is 10.0. The maximum atomic E-state index is 12.4. The molecule has 2 aromatic heterocycles. The molecule has 440 valence electrons. The van der Waals surface area contributed by atoms with E-state index in [0.717, 1.165) is 29.5 Å². The first-order valence-electron chi connectivity index (χ1n) is 26.0. The number of hydrogen-bond acceptors (Lipinski definition) is 21. The number of nitrogen functional groups attached to an aromatic ring is 1. The molecule has 0 saturated carbocycles. The Labute approximate surface area is 450 Å². The molecule has 3 aliphatic rings. The number of aliphatic hydroxyl groups is 2. The maximum Gasteiger partial charge on any atom is 0.538 e. The molecule has 0 aromatic carbocycles. The summed E-state index contributed by atoms with van der Waals surface area (Å²) in [6, 6.07) is 0.111. The molecule has 3 saturated heterocycles. The van der Waals surface area contributed by atoms with E-state index in [4.69, 9.17) is 10.5 Å². The van der Waals surface area contributed by atoms with Crippen LogP contribution in [0.4, 0.5) is 10.7 Å². The van der Waals surface area contributed by atoms with E-state index in [0.29, 0.717) is 37.5 Å². The number of hydrogen-bond donors (Lipinski definition) is 10. The second kappa shape index (κ2) is 34.8. The number of unbranched alkanes of at least 4 members (excludes halogenated alkanes) is 3. The number of imidazole rings is 1. The number of urea groups is 1. The SMILES string of the molecule is CCN(CC)CC.CCN(CC)CC.CCN(CC)CC.Nc1nc2c(ncn2C2OC(COP(=O)(O)OP(=O)(O)OP(=O)(O)OC(=O)CCCCCNC(=O)CCCCC3SCC4NC(=O)NC43)C(O)C2O)c(=O)[nH]1. The number of aromatic nitrogens is 4. The van der Waals surface area contributed by atoms with Crippen molar-refractivity contribution in [3.8, 4) is 0 Å². The first-order valence-corrected chi connectivity index (χ1v) is 31.5. The molecule has 3 aliphatic heterocycles. The summed E-state index contributed by atoms with van der Waals surface area (Å²) in [6.45, 7) is 29.6. The van der Waals surface area contributed by atoms with Gasteiger partial charge in [0.05, 0.1) is 25.0 Å². The molecular formula is C44H86N11O17P3S. The van der Waals surface area contributed by atoms with Crippen LogP contribution in [0.3, 0.4) is 0 Å². The number of nitrogens with one attached hydrogen (secondary N) is 4. The highest BCUT2D eigenvalue weighted by molar-refractivity contribution is 8.00. The number of anilines is 1. The number of rotatable bonds is 29. The van der Waals surface area contributed by atoms with E-state index in [-0.39, 0.29) is 47.6 Å². The van der Waals surface area contributed by atoms with E-state index >= 15 is 0 Å². The largest absolute Gasteiger partial charge is 0.538 e. The highest BCUT2D eigenvalue weighted by Crippen LogP contribution is 2.68. The topological polar surface area (TPSA) is 385 Å². The summed E-state index contributed by atoms with van der Waals surface area (Å²) in [6.07, 6.45) is -2.28. The van der Waals surface area contributed by atoms with Crippen LogP contribution in [0.2, 0.25) is 0 Å². The van der Waals surface area contributed by atoms with Crippen molar-refractivity contribution < 1.29 is 75.4 Å². The average molecular weight is 1170 g/mol. The predicted octanol–water partition coefficient (Wildman–Crippen LogP) is 3.66. The van der Waals surface area contributed by atoms with Crippen molar-refractivity contribution in [1.29, 1.82) is 0 Å². The van der Waals surface area contributed by atoms with Crippen molar-refractivity contribution >= 4 is 70.2 Å². The van der Waals surface area contributed by atoms with Crippen molar-refractivity contribution in [2.24, 2.45) is 0 Å². The van der Waals surface area contributed by atoms with Crippen molar-refractivity contribution in [1.82, 2.24) is 50.2 Å². The van der Waals surface area contributed by atoms with Crippen LogP contribution >= 0.6 is 35.2 Å². The molecule has 5 rings (SSSR count). The van der Waals surface area contributed by atoms with Crippen LogP contribution in [0.15, 0.2) is 11.1 Å². The van der Waals surface area contributed by atoms with E-state index in [1.807, 2.05) is 0 Å². The zero-order chi connectivity index (χ0) is 57.2. The number of fused-ring (bicyclic) bond motifs is 2. The minimum atomic E-state index is -5.95. The Bertz CT molecular complexity index is 2210. The summed E-state index contributed by atoms with van der Waals surface area (Å²) in [7, 11) is -17.3. The third-order valence-corrected chi connectivity index (χ3v) is 18.3. The summed E-state index contributed by atoms with van der Waals surface area (Å²) in [5.74, 6) is -0.888. The van der Waals surface area contributed by atoms with Crippen LogP contribution in [0.5, 0.6) is 0 Å². The van der Waals surface area contributed by atoms with Crippen molar-refractivity contribution in [2.45, 2.75) is 156 Å². The second-order valence-electron chi connectivity index (χ2n) is 17.5. The highest BCUT2D eigenvalue weighted by Gasteiger charge is 2.48. The molecule has 10 unspecified atom stereocenters. The first-order chi connectivity index (χ1) is 35.9. The molecule has 76 heavy (non-hydrogen) atoms. The van der Waals surface area contributed by atoms with Crippen LogP contribution < -0.4 is 27.2 Å². The molecule has 3 fully saturated rings. The molecule has 0 aliphatic carbocycles. The quantitative estimate of drug-likeness (QED) is 0.0315. The van der Waals surface area contributed by atoms with E-state index in [1.54, 1.807) is 11.8 Å².